The van der Waals surface area contributed by atoms with Crippen molar-refractivity contribution in [1.29, 1.82) is 5.26 Å². The first kappa shape index (κ1) is 12.7. The zero-order chi connectivity index (χ0) is 13.9. The summed E-state index contributed by atoms with van der Waals surface area (Å²) < 4.78 is 0. The molecule has 3 heteroatoms. The van der Waals surface area contributed by atoms with E-state index in [0.29, 0.717) is 5.56 Å². The lowest BCUT2D eigenvalue weighted by molar-refractivity contribution is 1.16. The smallest absolute Gasteiger partial charge is 0.119 e. The molecule has 0 bridgehead atoms. The highest BCUT2D eigenvalue weighted by Gasteiger charge is 2.08. The molecule has 0 aliphatic rings. The largest absolute Gasteiger partial charge is 0.240 e. The third kappa shape index (κ3) is 2.52. The third-order valence-electron chi connectivity index (χ3n) is 3.01. The zero-order valence-corrected chi connectivity index (χ0v) is 11.8. The number of nitriles is 1. The normalized spacial score (nSPS) is 10.4. The molecular weight excluding hydrogens is 264 g/mol. The van der Waals surface area contributed by atoms with Gasteiger partial charge in [-0.15, -0.1) is 0 Å². The van der Waals surface area contributed by atoms with E-state index < -0.39 is 0 Å². The van der Waals surface area contributed by atoms with Crippen molar-refractivity contribution in [2.45, 2.75) is 16.8 Å². The van der Waals surface area contributed by atoms with E-state index in [1.54, 1.807) is 0 Å². The number of hydrogen-bond acceptors (Lipinski definition) is 3. The number of para-hydroxylation sites is 1. The Morgan fingerprint density at radius 1 is 1.05 bits per heavy atom. The van der Waals surface area contributed by atoms with Crippen molar-refractivity contribution in [2.75, 3.05) is 0 Å². The fourth-order valence-electron chi connectivity index (χ4n) is 2.05. The van der Waals surface area contributed by atoms with Crippen molar-refractivity contribution in [2.24, 2.45) is 0 Å². The zero-order valence-electron chi connectivity index (χ0n) is 11.0. The van der Waals surface area contributed by atoms with Crippen molar-refractivity contribution >= 4 is 22.7 Å². The third-order valence-corrected chi connectivity index (χ3v) is 4.01. The predicted molar refractivity (Wildman–Crippen MR) is 81.8 cm³/mol. The highest BCUT2D eigenvalue weighted by atomic mass is 32.2. The SMILES string of the molecule is Cc1cccc(Sc2nc3ccccc3cc2C#N)c1. The summed E-state index contributed by atoms with van der Waals surface area (Å²) in [6.07, 6.45) is 0. The number of aryl methyl sites for hydroxylation is 1. The standard InChI is InChI=1S/C17H12N2S/c1-12-5-4-7-15(9-12)20-17-14(11-18)10-13-6-2-3-8-16(13)19-17/h2-10H,1H3. The van der Waals surface area contributed by atoms with E-state index in [0.717, 1.165) is 20.8 Å². The molecule has 20 heavy (non-hydrogen) atoms. The molecule has 2 aromatic carbocycles. The van der Waals surface area contributed by atoms with Crippen LogP contribution in [0.5, 0.6) is 0 Å². The van der Waals surface area contributed by atoms with Gasteiger partial charge in [0.05, 0.1) is 11.1 Å². The monoisotopic (exact) mass is 276 g/mol. The molecule has 0 saturated heterocycles. The molecule has 0 amide bonds. The lowest BCUT2D eigenvalue weighted by Crippen LogP contribution is -1.89. The minimum absolute atomic E-state index is 0.621. The molecular formula is C17H12N2S. The number of pyridine rings is 1. The van der Waals surface area contributed by atoms with Gasteiger partial charge in [0.2, 0.25) is 0 Å². The molecule has 3 rings (SSSR count). The van der Waals surface area contributed by atoms with Gasteiger partial charge in [0, 0.05) is 10.3 Å². The lowest BCUT2D eigenvalue weighted by atomic mass is 10.2. The summed E-state index contributed by atoms with van der Waals surface area (Å²) >= 11 is 1.53. The van der Waals surface area contributed by atoms with Gasteiger partial charge in [-0.3, -0.25) is 0 Å². The molecule has 0 radical (unpaired) electrons. The van der Waals surface area contributed by atoms with Crippen molar-refractivity contribution in [1.82, 2.24) is 4.98 Å². The number of aromatic nitrogens is 1. The Hall–Kier alpha value is -2.31. The average Bonchev–Trinajstić information content (AvgIpc) is 2.46. The second-order valence-corrected chi connectivity index (χ2v) is 5.63. The second kappa shape index (κ2) is 5.36. The second-order valence-electron chi connectivity index (χ2n) is 4.56. The summed E-state index contributed by atoms with van der Waals surface area (Å²) in [5.74, 6) is 0. The molecule has 0 atom stereocenters. The van der Waals surface area contributed by atoms with Gasteiger partial charge in [-0.1, -0.05) is 47.7 Å². The maximum Gasteiger partial charge on any atom is 0.119 e. The van der Waals surface area contributed by atoms with Crippen LogP contribution in [0.1, 0.15) is 11.1 Å². The van der Waals surface area contributed by atoms with Gasteiger partial charge < -0.3 is 0 Å². The number of fused-ring (bicyclic) bond motifs is 1. The fraction of sp³-hybridized carbons (Fsp3) is 0.0588. The van der Waals surface area contributed by atoms with Gasteiger partial charge in [0.15, 0.2) is 0 Å². The van der Waals surface area contributed by atoms with Gasteiger partial charge in [-0.25, -0.2) is 4.98 Å². The van der Waals surface area contributed by atoms with Crippen molar-refractivity contribution in [3.63, 3.8) is 0 Å². The van der Waals surface area contributed by atoms with E-state index in [9.17, 15) is 5.26 Å². The molecule has 0 unspecified atom stereocenters. The average molecular weight is 276 g/mol. The fourth-order valence-corrected chi connectivity index (χ4v) is 3.02. The molecule has 2 nitrogen and oxygen atoms in total. The van der Waals surface area contributed by atoms with E-state index in [2.05, 4.69) is 30.1 Å². The van der Waals surface area contributed by atoms with Gasteiger partial charge in [-0.2, -0.15) is 5.26 Å². The predicted octanol–water partition coefficient (Wildman–Crippen LogP) is 4.57. The molecule has 0 fully saturated rings. The van der Waals surface area contributed by atoms with E-state index in [1.165, 1.54) is 17.3 Å². The van der Waals surface area contributed by atoms with Crippen LogP contribution in [0.2, 0.25) is 0 Å². The number of benzene rings is 2. The van der Waals surface area contributed by atoms with Crippen LogP contribution in [0.3, 0.4) is 0 Å². The van der Waals surface area contributed by atoms with E-state index in [4.69, 9.17) is 0 Å². The first-order chi connectivity index (χ1) is 9.76. The summed E-state index contributed by atoms with van der Waals surface area (Å²) in [6, 6.07) is 20.2. The Bertz CT molecular complexity index is 819. The van der Waals surface area contributed by atoms with E-state index in [1.807, 2.05) is 42.5 Å². The number of nitrogens with zero attached hydrogens (tertiary/aromatic N) is 2. The molecule has 0 N–H and O–H groups in total. The number of rotatable bonds is 2. The first-order valence-electron chi connectivity index (χ1n) is 6.31. The van der Waals surface area contributed by atoms with Crippen molar-refractivity contribution in [3.05, 3.63) is 65.7 Å². The van der Waals surface area contributed by atoms with Crippen molar-refractivity contribution < 1.29 is 0 Å². The van der Waals surface area contributed by atoms with Gasteiger partial charge >= 0.3 is 0 Å². The van der Waals surface area contributed by atoms with Crippen LogP contribution in [-0.2, 0) is 0 Å². The Balaban J connectivity index is 2.08. The molecule has 0 spiro atoms. The molecule has 0 saturated carbocycles. The lowest BCUT2D eigenvalue weighted by Gasteiger charge is -2.06. The molecule has 0 aliphatic carbocycles. The number of hydrogen-bond donors (Lipinski definition) is 0. The molecule has 3 aromatic rings. The summed E-state index contributed by atoms with van der Waals surface area (Å²) in [5.41, 5.74) is 2.74. The minimum Gasteiger partial charge on any atom is -0.240 e. The van der Waals surface area contributed by atoms with Crippen LogP contribution in [-0.4, -0.2) is 4.98 Å². The molecule has 1 aromatic heterocycles. The summed E-state index contributed by atoms with van der Waals surface area (Å²) in [4.78, 5) is 5.71. The van der Waals surface area contributed by atoms with Crippen LogP contribution < -0.4 is 0 Å². The van der Waals surface area contributed by atoms with Gasteiger partial charge in [0.25, 0.3) is 0 Å². The summed E-state index contributed by atoms with van der Waals surface area (Å²) in [5, 5.41) is 11.1. The summed E-state index contributed by atoms with van der Waals surface area (Å²) in [7, 11) is 0. The van der Waals surface area contributed by atoms with Crippen LogP contribution >= 0.6 is 11.8 Å². The van der Waals surface area contributed by atoms with Crippen LogP contribution in [0.15, 0.2) is 64.5 Å². The van der Waals surface area contributed by atoms with Crippen LogP contribution in [0.4, 0.5) is 0 Å². The van der Waals surface area contributed by atoms with Crippen LogP contribution in [0, 0.1) is 18.3 Å². The Labute approximate surface area is 122 Å². The minimum atomic E-state index is 0.621. The maximum absolute atomic E-state index is 9.31. The summed E-state index contributed by atoms with van der Waals surface area (Å²) in [6.45, 7) is 2.06. The highest BCUT2D eigenvalue weighted by Crippen LogP contribution is 2.31. The van der Waals surface area contributed by atoms with Gasteiger partial charge in [-0.05, 0) is 31.2 Å². The Kier molecular flexibility index (Phi) is 3.41. The molecule has 0 aliphatic heterocycles. The Morgan fingerprint density at radius 2 is 1.90 bits per heavy atom. The van der Waals surface area contributed by atoms with E-state index in [-0.39, 0.29) is 0 Å². The van der Waals surface area contributed by atoms with E-state index >= 15 is 0 Å². The topological polar surface area (TPSA) is 36.7 Å². The maximum atomic E-state index is 9.31. The molecule has 1 heterocycles. The quantitative estimate of drug-likeness (QED) is 0.688. The highest BCUT2D eigenvalue weighted by molar-refractivity contribution is 7.99. The molecule has 96 valence electrons. The van der Waals surface area contributed by atoms with Gasteiger partial charge in [0.1, 0.15) is 11.1 Å². The first-order valence-corrected chi connectivity index (χ1v) is 7.12. The Morgan fingerprint density at radius 3 is 2.70 bits per heavy atom. The van der Waals surface area contributed by atoms with Crippen molar-refractivity contribution in [3.8, 4) is 6.07 Å². The van der Waals surface area contributed by atoms with Crippen LogP contribution in [0.25, 0.3) is 10.9 Å².